The number of carboxylic acid groups (broad SMARTS) is 1. The van der Waals surface area contributed by atoms with Crippen LogP contribution in [0.25, 0.3) is 0 Å². The first-order chi connectivity index (χ1) is 11.6. The van der Waals surface area contributed by atoms with Gasteiger partial charge in [-0.1, -0.05) is 30.3 Å². The molecule has 1 aromatic carbocycles. The minimum atomic E-state index is -1.03. The fourth-order valence-electron chi connectivity index (χ4n) is 3.15. The van der Waals surface area contributed by atoms with Crippen molar-refractivity contribution in [1.29, 1.82) is 0 Å². The van der Waals surface area contributed by atoms with Gasteiger partial charge in [-0.25, -0.2) is 9.59 Å². The van der Waals surface area contributed by atoms with Crippen LogP contribution in [0.3, 0.4) is 0 Å². The van der Waals surface area contributed by atoms with Gasteiger partial charge in [-0.15, -0.1) is 11.3 Å². The SMILES string of the molecule is O=C(O)[C@@H]1c2sc(Br)cc2[C@H]2CN1C(=O)N2OCc1ccccc1. The lowest BCUT2D eigenvalue weighted by Crippen LogP contribution is -2.37. The summed E-state index contributed by atoms with van der Waals surface area (Å²) in [5, 5.41) is 10.9. The van der Waals surface area contributed by atoms with E-state index in [9.17, 15) is 14.7 Å². The van der Waals surface area contributed by atoms with E-state index in [1.807, 2.05) is 36.4 Å². The largest absolute Gasteiger partial charge is 0.479 e. The van der Waals surface area contributed by atoms with Crippen LogP contribution in [0.1, 0.15) is 28.1 Å². The number of hydroxylamine groups is 2. The minimum absolute atomic E-state index is 0.259. The van der Waals surface area contributed by atoms with Gasteiger partial charge in [0, 0.05) is 4.88 Å². The highest BCUT2D eigenvalue weighted by Crippen LogP contribution is 2.48. The number of hydrogen-bond acceptors (Lipinski definition) is 4. The van der Waals surface area contributed by atoms with Crippen molar-refractivity contribution in [3.8, 4) is 0 Å². The number of nitrogens with zero attached hydrogens (tertiary/aromatic N) is 2. The second-order valence-corrected chi connectivity index (χ2v) is 8.11. The Balaban J connectivity index is 1.64. The lowest BCUT2D eigenvalue weighted by atomic mass is 10.00. The Morgan fingerprint density at radius 1 is 1.38 bits per heavy atom. The van der Waals surface area contributed by atoms with Crippen LogP contribution in [0.5, 0.6) is 0 Å². The second-order valence-electron chi connectivity index (χ2n) is 5.65. The van der Waals surface area contributed by atoms with Crippen LogP contribution in [0.15, 0.2) is 40.2 Å². The molecule has 124 valence electrons. The Bertz CT molecular complexity index is 810. The van der Waals surface area contributed by atoms with E-state index >= 15 is 0 Å². The van der Waals surface area contributed by atoms with E-state index in [1.54, 1.807) is 0 Å². The summed E-state index contributed by atoms with van der Waals surface area (Å²) in [6.07, 6.45) is 0. The van der Waals surface area contributed by atoms with Crippen molar-refractivity contribution < 1.29 is 19.5 Å². The third-order valence-electron chi connectivity index (χ3n) is 4.21. The number of hydrogen-bond donors (Lipinski definition) is 1. The Morgan fingerprint density at radius 3 is 2.83 bits per heavy atom. The fraction of sp³-hybridized carbons (Fsp3) is 0.250. The summed E-state index contributed by atoms with van der Waals surface area (Å²) < 4.78 is 0.850. The molecule has 1 fully saturated rings. The Morgan fingerprint density at radius 2 is 2.12 bits per heavy atom. The maximum atomic E-state index is 12.6. The van der Waals surface area contributed by atoms with Gasteiger partial charge in [0.1, 0.15) is 12.6 Å². The average molecular weight is 409 g/mol. The van der Waals surface area contributed by atoms with Crippen molar-refractivity contribution in [2.75, 3.05) is 6.54 Å². The summed E-state index contributed by atoms with van der Waals surface area (Å²) in [5.74, 6) is -1.03. The minimum Gasteiger partial charge on any atom is -0.479 e. The predicted octanol–water partition coefficient (Wildman–Crippen LogP) is 3.56. The number of carbonyl (C=O) groups excluding carboxylic acids is 1. The molecule has 0 aliphatic carbocycles. The molecule has 2 atom stereocenters. The zero-order valence-corrected chi connectivity index (χ0v) is 14.8. The summed E-state index contributed by atoms with van der Waals surface area (Å²) in [4.78, 5) is 32.1. The Labute approximate surface area is 150 Å². The van der Waals surface area contributed by atoms with Crippen molar-refractivity contribution in [1.82, 2.24) is 9.96 Å². The van der Waals surface area contributed by atoms with Gasteiger partial charge in [-0.3, -0.25) is 4.84 Å². The molecule has 0 radical (unpaired) electrons. The molecule has 1 aromatic heterocycles. The van der Waals surface area contributed by atoms with Crippen LogP contribution in [0.2, 0.25) is 0 Å². The maximum absolute atomic E-state index is 12.6. The molecular formula is C16H13BrN2O4S. The van der Waals surface area contributed by atoms with Crippen LogP contribution in [0, 0.1) is 0 Å². The van der Waals surface area contributed by atoms with Crippen molar-refractivity contribution >= 4 is 39.3 Å². The molecule has 0 saturated carbocycles. The summed E-state index contributed by atoms with van der Waals surface area (Å²) in [7, 11) is 0. The highest BCUT2D eigenvalue weighted by atomic mass is 79.9. The molecule has 2 aliphatic heterocycles. The van der Waals surface area contributed by atoms with E-state index in [0.717, 1.165) is 14.9 Å². The molecular weight excluding hydrogens is 396 g/mol. The van der Waals surface area contributed by atoms with Crippen molar-refractivity contribution in [3.05, 3.63) is 56.2 Å². The highest BCUT2D eigenvalue weighted by Gasteiger charge is 2.52. The number of benzene rings is 1. The second kappa shape index (κ2) is 5.87. The maximum Gasteiger partial charge on any atom is 0.345 e. The van der Waals surface area contributed by atoms with Gasteiger partial charge >= 0.3 is 12.0 Å². The number of fused-ring (bicyclic) bond motifs is 4. The molecule has 2 aliphatic rings. The summed E-state index contributed by atoms with van der Waals surface area (Å²) in [6, 6.07) is 9.80. The molecule has 8 heteroatoms. The van der Waals surface area contributed by atoms with Crippen LogP contribution in [-0.4, -0.2) is 33.6 Å². The fourth-order valence-corrected chi connectivity index (χ4v) is 4.97. The van der Waals surface area contributed by atoms with Gasteiger partial charge in [0.05, 0.1) is 10.3 Å². The Hall–Kier alpha value is -1.90. The third kappa shape index (κ3) is 2.42. The monoisotopic (exact) mass is 408 g/mol. The molecule has 1 N–H and O–H groups in total. The van der Waals surface area contributed by atoms with E-state index in [2.05, 4.69) is 15.9 Å². The molecule has 0 unspecified atom stereocenters. The quantitative estimate of drug-likeness (QED) is 0.839. The van der Waals surface area contributed by atoms with Crippen LogP contribution in [-0.2, 0) is 16.2 Å². The van der Waals surface area contributed by atoms with Gasteiger partial charge in [0.25, 0.3) is 0 Å². The molecule has 0 spiro atoms. The molecule has 3 heterocycles. The van der Waals surface area contributed by atoms with E-state index in [-0.39, 0.29) is 12.6 Å². The summed E-state index contributed by atoms with van der Waals surface area (Å²) in [5.41, 5.74) is 1.79. The van der Waals surface area contributed by atoms with Gasteiger partial charge in [0.2, 0.25) is 0 Å². The number of aliphatic carboxylic acids is 1. The number of urea groups is 1. The molecule has 4 rings (SSSR count). The predicted molar refractivity (Wildman–Crippen MR) is 90.3 cm³/mol. The first-order valence-electron chi connectivity index (χ1n) is 7.35. The standard InChI is InChI=1S/C16H13BrN2O4S/c17-12-6-10-11-7-18(13(15(20)21)14(10)24-12)16(22)19(11)23-8-9-4-2-1-3-5-9/h1-6,11,13H,7-8H2,(H,20,21)/t11-,13+/m1/s1. The van der Waals surface area contributed by atoms with Crippen molar-refractivity contribution in [2.45, 2.75) is 18.7 Å². The summed E-state index contributed by atoms with van der Waals surface area (Å²) in [6.45, 7) is 0.579. The normalized spacial score (nSPS) is 22.0. The highest BCUT2D eigenvalue weighted by molar-refractivity contribution is 9.11. The molecule has 6 nitrogen and oxygen atoms in total. The molecule has 2 aromatic rings. The number of halogens is 1. The van der Waals surface area contributed by atoms with Gasteiger partial charge in [0.15, 0.2) is 6.04 Å². The zero-order chi connectivity index (χ0) is 16.8. The lowest BCUT2D eigenvalue weighted by molar-refractivity contribution is -0.143. The van der Waals surface area contributed by atoms with E-state index in [4.69, 9.17) is 4.84 Å². The summed E-state index contributed by atoms with van der Waals surface area (Å²) >= 11 is 4.77. The first-order valence-corrected chi connectivity index (χ1v) is 8.96. The first kappa shape index (κ1) is 15.6. The van der Waals surface area contributed by atoms with Gasteiger partial charge in [-0.05, 0) is 33.1 Å². The van der Waals surface area contributed by atoms with Crippen LogP contribution < -0.4 is 0 Å². The van der Waals surface area contributed by atoms with Crippen LogP contribution in [0.4, 0.5) is 4.79 Å². The number of thiophene rings is 1. The van der Waals surface area contributed by atoms with Crippen LogP contribution >= 0.6 is 27.3 Å². The lowest BCUT2D eigenvalue weighted by Gasteiger charge is -2.27. The number of carboxylic acids is 1. The number of amides is 2. The van der Waals surface area contributed by atoms with Gasteiger partial charge < -0.3 is 10.0 Å². The van der Waals surface area contributed by atoms with E-state index in [1.165, 1.54) is 21.3 Å². The van der Waals surface area contributed by atoms with Crippen molar-refractivity contribution in [2.24, 2.45) is 0 Å². The Kier molecular flexibility index (Phi) is 3.82. The molecule has 2 bridgehead atoms. The smallest absolute Gasteiger partial charge is 0.345 e. The molecule has 1 saturated heterocycles. The van der Waals surface area contributed by atoms with E-state index < -0.39 is 18.0 Å². The molecule has 24 heavy (non-hydrogen) atoms. The zero-order valence-electron chi connectivity index (χ0n) is 12.4. The average Bonchev–Trinajstić information content (AvgIpc) is 3.07. The van der Waals surface area contributed by atoms with E-state index in [0.29, 0.717) is 11.4 Å². The number of carbonyl (C=O) groups is 2. The number of rotatable bonds is 4. The third-order valence-corrected chi connectivity index (χ3v) is 5.92. The molecule has 2 amide bonds. The topological polar surface area (TPSA) is 70.1 Å². The van der Waals surface area contributed by atoms with Crippen molar-refractivity contribution in [3.63, 3.8) is 0 Å². The van der Waals surface area contributed by atoms with Gasteiger partial charge in [-0.2, -0.15) is 5.06 Å².